The number of fused-ring (bicyclic) bond motifs is 1. The smallest absolute Gasteiger partial charge is 0.163 e. The number of β-amino-alcohol motifs (C(OH)–C–C–N with tert-alkyl or cyclic N) is 1. The number of rotatable bonds is 4. The van der Waals surface area contributed by atoms with Crippen molar-refractivity contribution < 1.29 is 5.11 Å². The van der Waals surface area contributed by atoms with E-state index in [0.717, 1.165) is 48.6 Å². The van der Waals surface area contributed by atoms with E-state index in [9.17, 15) is 5.11 Å². The fraction of sp³-hybridized carbons (Fsp3) is 0.389. The van der Waals surface area contributed by atoms with Gasteiger partial charge in [0.25, 0.3) is 0 Å². The van der Waals surface area contributed by atoms with Crippen LogP contribution in [0.5, 0.6) is 0 Å². The van der Waals surface area contributed by atoms with E-state index >= 15 is 0 Å². The minimum Gasteiger partial charge on any atom is -0.387 e. The van der Waals surface area contributed by atoms with Crippen LogP contribution in [-0.2, 0) is 7.05 Å². The molecule has 0 aliphatic carbocycles. The SMILES string of the molecule is Cn1ncc2c(N3CCN(CC(O)c4ccccc4Cl)CC3)ncnc21. The molecule has 136 valence electrons. The van der Waals surface area contributed by atoms with Gasteiger partial charge in [-0.3, -0.25) is 9.58 Å². The van der Waals surface area contributed by atoms with Gasteiger partial charge >= 0.3 is 0 Å². The molecule has 3 heterocycles. The molecule has 0 bridgehead atoms. The summed E-state index contributed by atoms with van der Waals surface area (Å²) in [5, 5.41) is 16.4. The zero-order valence-corrected chi connectivity index (χ0v) is 15.3. The van der Waals surface area contributed by atoms with Crippen LogP contribution < -0.4 is 4.90 Å². The first-order valence-electron chi connectivity index (χ1n) is 8.66. The van der Waals surface area contributed by atoms with Crippen LogP contribution in [0.2, 0.25) is 5.02 Å². The molecule has 7 nitrogen and oxygen atoms in total. The number of aromatic nitrogens is 4. The standard InChI is InChI=1S/C18H21ClN6O/c1-23-17-14(10-22-23)18(21-12-20-17)25-8-6-24(7-9-25)11-16(26)13-4-2-3-5-15(13)19/h2-5,10,12,16,26H,6-9,11H2,1H3. The highest BCUT2D eigenvalue weighted by Gasteiger charge is 2.23. The molecule has 1 unspecified atom stereocenters. The highest BCUT2D eigenvalue weighted by Crippen LogP contribution is 2.25. The summed E-state index contributed by atoms with van der Waals surface area (Å²) in [5.74, 6) is 0.925. The lowest BCUT2D eigenvalue weighted by Gasteiger charge is -2.36. The average molecular weight is 373 g/mol. The lowest BCUT2D eigenvalue weighted by Crippen LogP contribution is -2.47. The Bertz CT molecular complexity index is 906. The molecule has 1 fully saturated rings. The van der Waals surface area contributed by atoms with Crippen molar-refractivity contribution in [3.8, 4) is 0 Å². The van der Waals surface area contributed by atoms with Crippen LogP contribution in [0.15, 0.2) is 36.8 Å². The van der Waals surface area contributed by atoms with Gasteiger partial charge in [-0.05, 0) is 6.07 Å². The fourth-order valence-corrected chi connectivity index (χ4v) is 3.69. The molecule has 26 heavy (non-hydrogen) atoms. The fourth-order valence-electron chi connectivity index (χ4n) is 3.43. The summed E-state index contributed by atoms with van der Waals surface area (Å²) in [4.78, 5) is 13.3. The van der Waals surface area contributed by atoms with Crippen molar-refractivity contribution in [3.63, 3.8) is 0 Å². The van der Waals surface area contributed by atoms with Crippen molar-refractivity contribution in [2.45, 2.75) is 6.10 Å². The quantitative estimate of drug-likeness (QED) is 0.754. The minimum absolute atomic E-state index is 0.573. The van der Waals surface area contributed by atoms with E-state index in [0.29, 0.717) is 11.6 Å². The Kier molecular flexibility index (Phi) is 4.76. The van der Waals surface area contributed by atoms with E-state index in [-0.39, 0.29) is 0 Å². The van der Waals surface area contributed by atoms with Crippen molar-refractivity contribution in [2.75, 3.05) is 37.6 Å². The third-order valence-corrected chi connectivity index (χ3v) is 5.22. The predicted octanol–water partition coefficient (Wildman–Crippen LogP) is 1.87. The Morgan fingerprint density at radius 2 is 1.92 bits per heavy atom. The monoisotopic (exact) mass is 372 g/mol. The lowest BCUT2D eigenvalue weighted by molar-refractivity contribution is 0.109. The Labute approximate surface area is 156 Å². The van der Waals surface area contributed by atoms with Gasteiger partial charge in [0.1, 0.15) is 12.1 Å². The molecular weight excluding hydrogens is 352 g/mol. The first-order chi connectivity index (χ1) is 12.6. The van der Waals surface area contributed by atoms with Gasteiger partial charge < -0.3 is 10.0 Å². The maximum Gasteiger partial charge on any atom is 0.163 e. The maximum absolute atomic E-state index is 10.5. The summed E-state index contributed by atoms with van der Waals surface area (Å²) in [6.45, 7) is 3.97. The topological polar surface area (TPSA) is 70.3 Å². The predicted molar refractivity (Wildman–Crippen MR) is 101 cm³/mol. The van der Waals surface area contributed by atoms with E-state index in [4.69, 9.17) is 11.6 Å². The molecule has 1 N–H and O–H groups in total. The molecule has 1 aliphatic rings. The summed E-state index contributed by atoms with van der Waals surface area (Å²) in [5.41, 5.74) is 1.62. The first-order valence-corrected chi connectivity index (χ1v) is 9.04. The summed E-state index contributed by atoms with van der Waals surface area (Å²) < 4.78 is 1.76. The zero-order valence-electron chi connectivity index (χ0n) is 14.6. The Morgan fingerprint density at radius 3 is 2.69 bits per heavy atom. The molecule has 2 aromatic heterocycles. The van der Waals surface area contributed by atoms with Crippen LogP contribution in [-0.4, -0.2) is 62.5 Å². The van der Waals surface area contributed by atoms with E-state index in [2.05, 4.69) is 24.9 Å². The third-order valence-electron chi connectivity index (χ3n) is 4.88. The molecule has 3 aromatic rings. The molecule has 1 saturated heterocycles. The zero-order chi connectivity index (χ0) is 18.1. The normalized spacial score (nSPS) is 17.0. The average Bonchev–Trinajstić information content (AvgIpc) is 3.04. The van der Waals surface area contributed by atoms with Gasteiger partial charge in [-0.25, -0.2) is 9.97 Å². The second-order valence-corrected chi connectivity index (χ2v) is 6.93. The van der Waals surface area contributed by atoms with Crippen molar-refractivity contribution in [2.24, 2.45) is 7.05 Å². The minimum atomic E-state index is -0.584. The largest absolute Gasteiger partial charge is 0.387 e. The molecule has 1 aliphatic heterocycles. The number of benzene rings is 1. The first kappa shape index (κ1) is 17.2. The summed E-state index contributed by atoms with van der Waals surface area (Å²) in [6.07, 6.45) is 2.82. The molecule has 1 atom stereocenters. The van der Waals surface area contributed by atoms with Crippen LogP contribution in [0.3, 0.4) is 0 Å². The van der Waals surface area contributed by atoms with Gasteiger partial charge in [0, 0.05) is 50.4 Å². The van der Waals surface area contributed by atoms with Crippen molar-refractivity contribution in [1.29, 1.82) is 0 Å². The van der Waals surface area contributed by atoms with E-state index in [1.54, 1.807) is 11.0 Å². The molecule has 0 spiro atoms. The number of halogens is 1. The number of aryl methyl sites for hydroxylation is 1. The summed E-state index contributed by atoms with van der Waals surface area (Å²) in [6, 6.07) is 7.46. The second kappa shape index (κ2) is 7.19. The van der Waals surface area contributed by atoms with Crippen LogP contribution in [0.25, 0.3) is 11.0 Å². The van der Waals surface area contributed by atoms with Crippen molar-refractivity contribution in [3.05, 3.63) is 47.4 Å². The maximum atomic E-state index is 10.5. The molecular formula is C18H21ClN6O. The Morgan fingerprint density at radius 1 is 1.15 bits per heavy atom. The molecule has 4 rings (SSSR count). The molecule has 0 radical (unpaired) electrons. The van der Waals surface area contributed by atoms with E-state index in [1.807, 2.05) is 37.5 Å². The summed E-state index contributed by atoms with van der Waals surface area (Å²) >= 11 is 6.19. The number of hydrogen-bond acceptors (Lipinski definition) is 6. The number of nitrogens with zero attached hydrogens (tertiary/aromatic N) is 6. The Balaban J connectivity index is 1.42. The summed E-state index contributed by atoms with van der Waals surface area (Å²) in [7, 11) is 1.88. The number of aliphatic hydroxyl groups is 1. The van der Waals surface area contributed by atoms with Crippen LogP contribution in [0.4, 0.5) is 5.82 Å². The van der Waals surface area contributed by atoms with Gasteiger partial charge in [0.2, 0.25) is 0 Å². The van der Waals surface area contributed by atoms with Crippen molar-refractivity contribution >= 4 is 28.5 Å². The van der Waals surface area contributed by atoms with Gasteiger partial charge in [0.05, 0.1) is 17.7 Å². The number of aliphatic hydroxyl groups excluding tert-OH is 1. The third kappa shape index (κ3) is 3.25. The Hall–Kier alpha value is -2.22. The number of hydrogen-bond donors (Lipinski definition) is 1. The molecule has 1 aromatic carbocycles. The van der Waals surface area contributed by atoms with Crippen LogP contribution >= 0.6 is 11.6 Å². The molecule has 0 amide bonds. The van der Waals surface area contributed by atoms with Crippen LogP contribution in [0.1, 0.15) is 11.7 Å². The van der Waals surface area contributed by atoms with E-state index in [1.165, 1.54) is 0 Å². The van der Waals surface area contributed by atoms with Gasteiger partial charge in [-0.2, -0.15) is 5.10 Å². The van der Waals surface area contributed by atoms with Crippen LogP contribution in [0, 0.1) is 0 Å². The highest BCUT2D eigenvalue weighted by atomic mass is 35.5. The second-order valence-electron chi connectivity index (χ2n) is 6.53. The molecule has 8 heteroatoms. The highest BCUT2D eigenvalue weighted by molar-refractivity contribution is 6.31. The van der Waals surface area contributed by atoms with Gasteiger partial charge in [0.15, 0.2) is 5.65 Å². The number of piperazine rings is 1. The lowest BCUT2D eigenvalue weighted by atomic mass is 10.1. The molecule has 0 saturated carbocycles. The van der Waals surface area contributed by atoms with E-state index < -0.39 is 6.10 Å². The number of anilines is 1. The van der Waals surface area contributed by atoms with Gasteiger partial charge in [-0.15, -0.1) is 0 Å². The van der Waals surface area contributed by atoms with Crippen molar-refractivity contribution in [1.82, 2.24) is 24.6 Å². The van der Waals surface area contributed by atoms with Gasteiger partial charge in [-0.1, -0.05) is 29.8 Å².